The van der Waals surface area contributed by atoms with Crippen LogP contribution in [0.25, 0.3) is 10.9 Å². The van der Waals surface area contributed by atoms with Gasteiger partial charge in [0.15, 0.2) is 5.96 Å². The lowest BCUT2D eigenvalue weighted by atomic mass is 10.1. The summed E-state index contributed by atoms with van der Waals surface area (Å²) in [7, 11) is 3.87. The number of fused-ring (bicyclic) bond motifs is 1. The van der Waals surface area contributed by atoms with Crippen molar-refractivity contribution in [1.29, 1.82) is 0 Å². The number of halogens is 2. The van der Waals surface area contributed by atoms with Gasteiger partial charge in [-0.2, -0.15) is 0 Å². The Hall–Kier alpha value is -1.35. The summed E-state index contributed by atoms with van der Waals surface area (Å²) in [6.45, 7) is 5.78. The molecule has 1 heterocycles. The van der Waals surface area contributed by atoms with Crippen LogP contribution in [0, 0.1) is 5.82 Å². The fourth-order valence-corrected chi connectivity index (χ4v) is 2.42. The molecule has 0 unspecified atom stereocenters. The number of likely N-dealkylation sites (N-methyl/N-ethyl adjacent to an activating group) is 1. The molecule has 1 aromatic carbocycles. The predicted octanol–water partition coefficient (Wildman–Crippen LogP) is 2.58. The van der Waals surface area contributed by atoms with Crippen LogP contribution in [0.5, 0.6) is 0 Å². The van der Waals surface area contributed by atoms with Crippen LogP contribution in [0.4, 0.5) is 4.39 Å². The Morgan fingerprint density at radius 3 is 2.75 bits per heavy atom. The van der Waals surface area contributed by atoms with Gasteiger partial charge in [-0.25, -0.2) is 4.39 Å². The minimum atomic E-state index is -0.217. The monoisotopic (exact) mass is 447 g/mol. The molecular weight excluding hydrogens is 420 g/mol. The fourth-order valence-electron chi connectivity index (χ4n) is 2.42. The van der Waals surface area contributed by atoms with Gasteiger partial charge in [0.25, 0.3) is 0 Å². The Balaban J connectivity index is 0.00000288. The van der Waals surface area contributed by atoms with Gasteiger partial charge in [0.2, 0.25) is 0 Å². The van der Waals surface area contributed by atoms with Crippen LogP contribution in [0.3, 0.4) is 0 Å². The standard InChI is InChI=1S/C17H26FN5.HI/c1-4-23(3)10-9-21-17(19-2)20-8-7-13-12-22-16-11-14(18)5-6-15(13)16;/h5-6,11-12,22H,4,7-10H2,1-3H3,(H2,19,20,21);1H. The van der Waals surface area contributed by atoms with Gasteiger partial charge in [0.05, 0.1) is 0 Å². The molecule has 134 valence electrons. The zero-order chi connectivity index (χ0) is 16.7. The Bertz CT molecular complexity index is 655. The van der Waals surface area contributed by atoms with Crippen LogP contribution < -0.4 is 10.6 Å². The van der Waals surface area contributed by atoms with Crippen LogP contribution in [-0.4, -0.2) is 56.1 Å². The minimum Gasteiger partial charge on any atom is -0.361 e. The molecule has 0 spiro atoms. The Morgan fingerprint density at radius 1 is 1.29 bits per heavy atom. The molecule has 5 nitrogen and oxygen atoms in total. The van der Waals surface area contributed by atoms with E-state index in [1.807, 2.05) is 12.3 Å². The first-order chi connectivity index (χ1) is 11.1. The van der Waals surface area contributed by atoms with E-state index in [1.165, 1.54) is 17.7 Å². The fraction of sp³-hybridized carbons (Fsp3) is 0.471. The molecule has 3 N–H and O–H groups in total. The average molecular weight is 447 g/mol. The van der Waals surface area contributed by atoms with E-state index in [2.05, 4.69) is 39.5 Å². The number of H-pyrrole nitrogens is 1. The highest BCUT2D eigenvalue weighted by Crippen LogP contribution is 2.19. The molecule has 0 saturated heterocycles. The zero-order valence-corrected chi connectivity index (χ0v) is 16.9. The highest BCUT2D eigenvalue weighted by molar-refractivity contribution is 14.0. The topological polar surface area (TPSA) is 55.4 Å². The summed E-state index contributed by atoms with van der Waals surface area (Å²) in [6.07, 6.45) is 2.79. The summed E-state index contributed by atoms with van der Waals surface area (Å²) in [5, 5.41) is 7.68. The second-order valence-corrected chi connectivity index (χ2v) is 5.58. The van der Waals surface area contributed by atoms with Crippen molar-refractivity contribution >= 4 is 40.8 Å². The van der Waals surface area contributed by atoms with Crippen LogP contribution in [0.1, 0.15) is 12.5 Å². The second kappa shape index (κ2) is 10.5. The summed E-state index contributed by atoms with van der Waals surface area (Å²) in [5.74, 6) is 0.589. The molecule has 2 rings (SSSR count). The normalized spacial score (nSPS) is 11.6. The third-order valence-electron chi connectivity index (χ3n) is 3.97. The third-order valence-corrected chi connectivity index (χ3v) is 3.97. The summed E-state index contributed by atoms with van der Waals surface area (Å²) in [5.41, 5.74) is 2.01. The summed E-state index contributed by atoms with van der Waals surface area (Å²) in [4.78, 5) is 9.58. The molecule has 0 aliphatic heterocycles. The Labute approximate surface area is 160 Å². The van der Waals surface area contributed by atoms with Crippen molar-refractivity contribution in [2.24, 2.45) is 4.99 Å². The third kappa shape index (κ3) is 5.94. The number of aliphatic imine (C=N–C) groups is 1. The Morgan fingerprint density at radius 2 is 2.04 bits per heavy atom. The molecule has 0 fully saturated rings. The van der Waals surface area contributed by atoms with E-state index in [0.29, 0.717) is 0 Å². The molecule has 0 amide bonds. The average Bonchev–Trinajstić information content (AvgIpc) is 2.95. The largest absolute Gasteiger partial charge is 0.361 e. The first-order valence-corrected chi connectivity index (χ1v) is 8.02. The van der Waals surface area contributed by atoms with Gasteiger partial charge in [-0.3, -0.25) is 4.99 Å². The molecule has 0 saturated carbocycles. The molecule has 0 atom stereocenters. The first-order valence-electron chi connectivity index (χ1n) is 8.02. The maximum atomic E-state index is 13.2. The quantitative estimate of drug-likeness (QED) is 0.348. The SMILES string of the molecule is CCN(C)CCNC(=NC)NCCc1c[nH]c2cc(F)ccc12.I. The van der Waals surface area contributed by atoms with Gasteiger partial charge in [0, 0.05) is 43.8 Å². The summed E-state index contributed by atoms with van der Waals surface area (Å²) >= 11 is 0. The van der Waals surface area contributed by atoms with E-state index in [0.717, 1.165) is 49.5 Å². The van der Waals surface area contributed by atoms with E-state index in [-0.39, 0.29) is 29.8 Å². The number of hydrogen-bond acceptors (Lipinski definition) is 2. The number of nitrogens with one attached hydrogen (secondary N) is 3. The minimum absolute atomic E-state index is 0. The van der Waals surface area contributed by atoms with E-state index in [1.54, 1.807) is 7.05 Å². The number of hydrogen-bond donors (Lipinski definition) is 3. The van der Waals surface area contributed by atoms with Gasteiger partial charge in [0.1, 0.15) is 5.82 Å². The smallest absolute Gasteiger partial charge is 0.191 e. The Kier molecular flexibility index (Phi) is 9.05. The lowest BCUT2D eigenvalue weighted by Crippen LogP contribution is -2.41. The molecule has 7 heteroatoms. The van der Waals surface area contributed by atoms with Gasteiger partial charge in [-0.1, -0.05) is 6.92 Å². The predicted molar refractivity (Wildman–Crippen MR) is 110 cm³/mol. The van der Waals surface area contributed by atoms with Gasteiger partial charge < -0.3 is 20.5 Å². The number of nitrogens with zero attached hydrogens (tertiary/aromatic N) is 2. The molecular formula is C17H27FIN5. The van der Waals surface area contributed by atoms with E-state index in [4.69, 9.17) is 0 Å². The van der Waals surface area contributed by atoms with Crippen LogP contribution in [0.2, 0.25) is 0 Å². The van der Waals surface area contributed by atoms with Crippen molar-refractivity contribution in [3.8, 4) is 0 Å². The van der Waals surface area contributed by atoms with E-state index in [9.17, 15) is 4.39 Å². The van der Waals surface area contributed by atoms with Crippen molar-refractivity contribution in [3.63, 3.8) is 0 Å². The van der Waals surface area contributed by atoms with Crippen molar-refractivity contribution in [3.05, 3.63) is 35.8 Å². The molecule has 1 aromatic heterocycles. The summed E-state index contributed by atoms with van der Waals surface area (Å²) in [6, 6.07) is 4.85. The molecule has 0 radical (unpaired) electrons. The van der Waals surface area contributed by atoms with Crippen molar-refractivity contribution in [2.75, 3.05) is 40.3 Å². The number of aromatic amines is 1. The lowest BCUT2D eigenvalue weighted by Gasteiger charge is -2.16. The number of rotatable bonds is 7. The highest BCUT2D eigenvalue weighted by atomic mass is 127. The van der Waals surface area contributed by atoms with Crippen molar-refractivity contribution < 1.29 is 4.39 Å². The number of guanidine groups is 1. The van der Waals surface area contributed by atoms with Crippen LogP contribution in [0.15, 0.2) is 29.4 Å². The first kappa shape index (κ1) is 20.7. The molecule has 0 aliphatic rings. The number of benzene rings is 1. The van der Waals surface area contributed by atoms with Crippen molar-refractivity contribution in [2.45, 2.75) is 13.3 Å². The highest BCUT2D eigenvalue weighted by Gasteiger charge is 2.05. The van der Waals surface area contributed by atoms with Gasteiger partial charge in [-0.05, 0) is 43.8 Å². The number of aromatic nitrogens is 1. The van der Waals surface area contributed by atoms with Gasteiger partial charge in [-0.15, -0.1) is 24.0 Å². The van der Waals surface area contributed by atoms with Crippen LogP contribution >= 0.6 is 24.0 Å². The summed E-state index contributed by atoms with van der Waals surface area (Å²) < 4.78 is 13.2. The molecule has 0 bridgehead atoms. The molecule has 2 aromatic rings. The van der Waals surface area contributed by atoms with Crippen LogP contribution in [-0.2, 0) is 6.42 Å². The maximum Gasteiger partial charge on any atom is 0.191 e. The second-order valence-electron chi connectivity index (χ2n) is 5.58. The zero-order valence-electron chi connectivity index (χ0n) is 14.5. The molecule has 24 heavy (non-hydrogen) atoms. The lowest BCUT2D eigenvalue weighted by molar-refractivity contribution is 0.357. The van der Waals surface area contributed by atoms with E-state index >= 15 is 0 Å². The van der Waals surface area contributed by atoms with Crippen molar-refractivity contribution in [1.82, 2.24) is 20.5 Å². The van der Waals surface area contributed by atoms with Gasteiger partial charge >= 0.3 is 0 Å². The maximum absolute atomic E-state index is 13.2. The van der Waals surface area contributed by atoms with E-state index < -0.39 is 0 Å². The molecule has 0 aliphatic carbocycles.